The van der Waals surface area contributed by atoms with Gasteiger partial charge >= 0.3 is 0 Å². The zero-order valence-corrected chi connectivity index (χ0v) is 15.1. The summed E-state index contributed by atoms with van der Waals surface area (Å²) in [7, 11) is -3.75. The van der Waals surface area contributed by atoms with E-state index in [1.54, 1.807) is 29.7 Å². The van der Waals surface area contributed by atoms with Gasteiger partial charge in [0.05, 0.1) is 10.8 Å². The first-order valence-electron chi connectivity index (χ1n) is 8.63. The van der Waals surface area contributed by atoms with E-state index in [1.807, 2.05) is 30.3 Å². The quantitative estimate of drug-likeness (QED) is 0.554. The molecule has 3 N–H and O–H groups in total. The smallest absolute Gasteiger partial charge is 0.248 e. The molecule has 0 heterocycles. The lowest BCUT2D eigenvalue weighted by Gasteiger charge is -2.30. The Morgan fingerprint density at radius 2 is 1.54 bits per heavy atom. The van der Waals surface area contributed by atoms with Gasteiger partial charge < -0.3 is 0 Å². The van der Waals surface area contributed by atoms with Gasteiger partial charge in [0.1, 0.15) is 0 Å². The van der Waals surface area contributed by atoms with Crippen molar-refractivity contribution in [3.63, 3.8) is 0 Å². The first-order valence-corrected chi connectivity index (χ1v) is 10.1. The molecule has 0 aliphatic heterocycles. The Labute approximate surface area is 153 Å². The minimum absolute atomic E-state index is 0.158. The van der Waals surface area contributed by atoms with E-state index in [-0.39, 0.29) is 4.90 Å². The Morgan fingerprint density at radius 1 is 0.923 bits per heavy atom. The maximum absolute atomic E-state index is 12.7. The van der Waals surface area contributed by atoms with Crippen molar-refractivity contribution in [3.05, 3.63) is 54.6 Å². The second-order valence-electron chi connectivity index (χ2n) is 6.49. The molecule has 2 aromatic carbocycles. The van der Waals surface area contributed by atoms with Gasteiger partial charge in [0.2, 0.25) is 15.9 Å². The molecule has 0 radical (unpaired) electrons. The molecule has 1 aliphatic rings. The molecule has 0 spiro atoms. The highest BCUT2D eigenvalue weighted by atomic mass is 32.2. The van der Waals surface area contributed by atoms with Crippen molar-refractivity contribution in [2.45, 2.75) is 36.6 Å². The van der Waals surface area contributed by atoms with Crippen molar-refractivity contribution in [1.82, 2.24) is 10.2 Å². The van der Waals surface area contributed by atoms with Crippen LogP contribution in [0.3, 0.4) is 0 Å². The summed E-state index contributed by atoms with van der Waals surface area (Å²) in [5, 5.41) is 8.88. The fourth-order valence-corrected chi connectivity index (χ4v) is 4.70. The molecule has 1 amide bonds. The van der Waals surface area contributed by atoms with Crippen LogP contribution in [0.15, 0.2) is 59.5 Å². The molecule has 26 heavy (non-hydrogen) atoms. The molecule has 0 saturated heterocycles. The number of hydrogen-bond acceptors (Lipinski definition) is 4. The van der Waals surface area contributed by atoms with Crippen LogP contribution < -0.4 is 10.2 Å². The van der Waals surface area contributed by atoms with Gasteiger partial charge in [-0.1, -0.05) is 55.3 Å². The predicted molar refractivity (Wildman–Crippen MR) is 97.9 cm³/mol. The van der Waals surface area contributed by atoms with Gasteiger partial charge in [0.25, 0.3) is 0 Å². The van der Waals surface area contributed by atoms with Crippen LogP contribution in [0.5, 0.6) is 0 Å². The number of carbonyl (C=O) groups excluding carboxylic acids is 1. The van der Waals surface area contributed by atoms with Crippen LogP contribution in [-0.2, 0) is 14.8 Å². The molecule has 1 aliphatic carbocycles. The normalized spacial score (nSPS) is 20.5. The Morgan fingerprint density at radius 3 is 2.19 bits per heavy atom. The van der Waals surface area contributed by atoms with Gasteiger partial charge in [-0.3, -0.25) is 10.0 Å². The molecular weight excluding hydrogens is 352 g/mol. The van der Waals surface area contributed by atoms with E-state index in [1.165, 1.54) is 0 Å². The Kier molecular flexibility index (Phi) is 5.70. The molecule has 1 saturated carbocycles. The number of rotatable bonds is 5. The van der Waals surface area contributed by atoms with Crippen LogP contribution >= 0.6 is 0 Å². The minimum atomic E-state index is -3.75. The minimum Gasteiger partial charge on any atom is -0.289 e. The average Bonchev–Trinajstić information content (AvgIpc) is 2.68. The van der Waals surface area contributed by atoms with E-state index in [0.717, 1.165) is 24.0 Å². The molecular formula is C19H22N2O4S. The van der Waals surface area contributed by atoms with Gasteiger partial charge in [-0.15, -0.1) is 0 Å². The van der Waals surface area contributed by atoms with E-state index in [2.05, 4.69) is 4.72 Å². The molecule has 138 valence electrons. The summed E-state index contributed by atoms with van der Waals surface area (Å²) in [4.78, 5) is 12.0. The third kappa shape index (κ3) is 4.12. The molecule has 7 heteroatoms. The van der Waals surface area contributed by atoms with Crippen LogP contribution in [-0.4, -0.2) is 25.6 Å². The van der Waals surface area contributed by atoms with Crippen LogP contribution in [0.1, 0.15) is 25.7 Å². The molecule has 0 aromatic heterocycles. The summed E-state index contributed by atoms with van der Waals surface area (Å²) in [6.45, 7) is 0. The number of nitrogens with one attached hydrogen (secondary N) is 2. The molecule has 2 unspecified atom stereocenters. The summed E-state index contributed by atoms with van der Waals surface area (Å²) in [5.41, 5.74) is 3.58. The van der Waals surface area contributed by atoms with Crippen LogP contribution in [0.4, 0.5) is 0 Å². The number of sulfonamides is 1. The van der Waals surface area contributed by atoms with E-state index in [9.17, 15) is 13.2 Å². The molecule has 0 bridgehead atoms. The zero-order valence-electron chi connectivity index (χ0n) is 14.3. The van der Waals surface area contributed by atoms with Gasteiger partial charge in [0.15, 0.2) is 0 Å². The van der Waals surface area contributed by atoms with Gasteiger partial charge in [-0.25, -0.2) is 18.6 Å². The van der Waals surface area contributed by atoms with Crippen molar-refractivity contribution >= 4 is 15.9 Å². The van der Waals surface area contributed by atoms with Crippen molar-refractivity contribution in [1.29, 1.82) is 0 Å². The van der Waals surface area contributed by atoms with Crippen molar-refractivity contribution in [3.8, 4) is 11.1 Å². The lowest BCUT2D eigenvalue weighted by Crippen LogP contribution is -2.47. The first-order chi connectivity index (χ1) is 12.5. The summed E-state index contributed by atoms with van der Waals surface area (Å²) in [6.07, 6.45) is 2.80. The fourth-order valence-electron chi connectivity index (χ4n) is 3.39. The molecule has 2 atom stereocenters. The largest absolute Gasteiger partial charge is 0.289 e. The third-order valence-corrected chi connectivity index (χ3v) is 6.30. The molecule has 3 rings (SSSR count). The Hall–Kier alpha value is -2.22. The van der Waals surface area contributed by atoms with Crippen molar-refractivity contribution in [2.75, 3.05) is 0 Å². The Balaban J connectivity index is 1.78. The molecule has 1 fully saturated rings. The summed E-state index contributed by atoms with van der Waals surface area (Å²) >= 11 is 0. The van der Waals surface area contributed by atoms with Crippen LogP contribution in [0.2, 0.25) is 0 Å². The van der Waals surface area contributed by atoms with Crippen molar-refractivity contribution < 1.29 is 18.4 Å². The number of benzene rings is 2. The average molecular weight is 374 g/mol. The van der Waals surface area contributed by atoms with Gasteiger partial charge in [0, 0.05) is 6.04 Å². The highest BCUT2D eigenvalue weighted by Crippen LogP contribution is 2.27. The summed E-state index contributed by atoms with van der Waals surface area (Å²) in [6, 6.07) is 15.8. The number of hydrogen-bond donors (Lipinski definition) is 3. The van der Waals surface area contributed by atoms with E-state index in [0.29, 0.717) is 12.8 Å². The number of amides is 1. The van der Waals surface area contributed by atoms with E-state index >= 15 is 0 Å². The number of carbonyl (C=O) groups is 1. The van der Waals surface area contributed by atoms with E-state index < -0.39 is 27.9 Å². The van der Waals surface area contributed by atoms with Gasteiger partial charge in [-0.05, 0) is 36.1 Å². The fraction of sp³-hybridized carbons (Fsp3) is 0.316. The SMILES string of the molecule is O=C(NO)C1CCCCC1NS(=O)(=O)c1ccc(-c2ccccc2)cc1. The molecule has 6 nitrogen and oxygen atoms in total. The van der Waals surface area contributed by atoms with Crippen LogP contribution in [0, 0.1) is 5.92 Å². The first kappa shape index (κ1) is 18.6. The zero-order chi connectivity index (χ0) is 18.6. The standard InChI is InChI=1S/C19H22N2O4S/c22-19(20-23)17-8-4-5-9-18(17)21-26(24,25)16-12-10-15(11-13-16)14-6-2-1-3-7-14/h1-3,6-7,10-13,17-18,21,23H,4-5,8-9H2,(H,20,22). The lowest BCUT2D eigenvalue weighted by atomic mass is 9.85. The maximum atomic E-state index is 12.7. The Bertz CT molecular complexity index is 851. The maximum Gasteiger partial charge on any atom is 0.248 e. The highest BCUT2D eigenvalue weighted by Gasteiger charge is 2.34. The van der Waals surface area contributed by atoms with E-state index in [4.69, 9.17) is 5.21 Å². The van der Waals surface area contributed by atoms with Crippen molar-refractivity contribution in [2.24, 2.45) is 5.92 Å². The topological polar surface area (TPSA) is 95.5 Å². The third-order valence-electron chi connectivity index (χ3n) is 4.79. The summed E-state index contributed by atoms with van der Waals surface area (Å²) in [5.74, 6) is -1.11. The van der Waals surface area contributed by atoms with Gasteiger partial charge in [-0.2, -0.15) is 0 Å². The number of hydroxylamine groups is 1. The van der Waals surface area contributed by atoms with Crippen LogP contribution in [0.25, 0.3) is 11.1 Å². The second kappa shape index (κ2) is 7.99. The predicted octanol–water partition coefficient (Wildman–Crippen LogP) is 2.70. The highest BCUT2D eigenvalue weighted by molar-refractivity contribution is 7.89. The monoisotopic (exact) mass is 374 g/mol. The second-order valence-corrected chi connectivity index (χ2v) is 8.20. The summed E-state index contributed by atoms with van der Waals surface area (Å²) < 4.78 is 28.0. The molecule has 2 aromatic rings. The lowest BCUT2D eigenvalue weighted by molar-refractivity contribution is -0.135.